The summed E-state index contributed by atoms with van der Waals surface area (Å²) < 4.78 is 5.95. The van der Waals surface area contributed by atoms with Gasteiger partial charge in [0.15, 0.2) is 0 Å². The second-order valence-electron chi connectivity index (χ2n) is 4.58. The van der Waals surface area contributed by atoms with Crippen molar-refractivity contribution in [1.29, 1.82) is 0 Å². The first-order valence-electron chi connectivity index (χ1n) is 5.85. The molecule has 0 aromatic heterocycles. The van der Waals surface area contributed by atoms with Gasteiger partial charge in [0.05, 0.1) is 5.56 Å². The lowest BCUT2D eigenvalue weighted by molar-refractivity contribution is 0.108. The Morgan fingerprint density at radius 3 is 2.22 bits per heavy atom. The normalized spacial score (nSPS) is 11.0. The van der Waals surface area contributed by atoms with E-state index in [9.17, 15) is 4.79 Å². The summed E-state index contributed by atoms with van der Waals surface area (Å²) >= 11 is 0. The van der Waals surface area contributed by atoms with Gasteiger partial charge in [0.2, 0.25) is 6.29 Å². The third-order valence-corrected chi connectivity index (χ3v) is 2.83. The fourth-order valence-electron chi connectivity index (χ4n) is 1.81. The molecule has 0 saturated carbocycles. The van der Waals surface area contributed by atoms with Crippen molar-refractivity contribution in [3.63, 3.8) is 0 Å². The number of carbonyl (C=O) groups excluding carboxylic acids is 1. The minimum absolute atomic E-state index is 0.446. The predicted molar refractivity (Wildman–Crippen MR) is 71.3 cm³/mol. The average molecular weight is 239 g/mol. The summed E-state index contributed by atoms with van der Waals surface area (Å²) in [6.07, 6.45) is 1.89. The van der Waals surface area contributed by atoms with E-state index < -0.39 is 5.60 Å². The van der Waals surface area contributed by atoms with Crippen molar-refractivity contribution in [3.8, 4) is 5.75 Å². The quantitative estimate of drug-likeness (QED) is 0.816. The smallest absolute Gasteiger partial charge is 0.237 e. The Labute approximate surface area is 107 Å². The molecule has 0 fully saturated rings. The molecule has 18 heavy (non-hydrogen) atoms. The van der Waals surface area contributed by atoms with E-state index in [4.69, 9.17) is 4.74 Å². The molecule has 0 aliphatic rings. The molecule has 2 heteroatoms. The number of rotatable bonds is 4. The summed E-state index contributed by atoms with van der Waals surface area (Å²) in [6, 6.07) is 17.0. The van der Waals surface area contributed by atoms with E-state index in [0.717, 1.165) is 5.56 Å². The Bertz CT molecular complexity index is 530. The molecule has 0 heterocycles. The Morgan fingerprint density at radius 1 is 0.944 bits per heavy atom. The van der Waals surface area contributed by atoms with Crippen LogP contribution in [0.1, 0.15) is 25.0 Å². The van der Waals surface area contributed by atoms with Crippen LogP contribution in [0.5, 0.6) is 5.75 Å². The van der Waals surface area contributed by atoms with E-state index in [0.29, 0.717) is 11.3 Å². The zero-order valence-corrected chi connectivity index (χ0v) is 10.5. The van der Waals surface area contributed by atoms with Crippen molar-refractivity contribution in [2.45, 2.75) is 19.4 Å². The van der Waals surface area contributed by atoms with Gasteiger partial charge in [0.25, 0.3) is 0 Å². The van der Waals surface area contributed by atoms with E-state index in [1.807, 2.05) is 56.5 Å². The van der Waals surface area contributed by atoms with Gasteiger partial charge in [-0.3, -0.25) is 4.79 Å². The largest absolute Gasteiger partial charge is 0.482 e. The van der Waals surface area contributed by atoms with Crippen LogP contribution in [0.25, 0.3) is 0 Å². The van der Waals surface area contributed by atoms with Crippen molar-refractivity contribution in [3.05, 3.63) is 65.7 Å². The van der Waals surface area contributed by atoms with E-state index in [1.165, 1.54) is 0 Å². The summed E-state index contributed by atoms with van der Waals surface area (Å²) in [5.74, 6) is 0.557. The van der Waals surface area contributed by atoms with Gasteiger partial charge in [0.1, 0.15) is 11.4 Å². The summed E-state index contributed by atoms with van der Waals surface area (Å²) in [7, 11) is 0. The molecule has 0 N–H and O–H groups in total. The molecule has 2 aromatic carbocycles. The Hall–Kier alpha value is -2.09. The molecule has 0 atom stereocenters. The van der Waals surface area contributed by atoms with Gasteiger partial charge < -0.3 is 4.74 Å². The van der Waals surface area contributed by atoms with E-state index in [2.05, 4.69) is 0 Å². The van der Waals surface area contributed by atoms with Gasteiger partial charge in [-0.15, -0.1) is 0 Å². The molecular weight excluding hydrogens is 224 g/mol. The van der Waals surface area contributed by atoms with Crippen molar-refractivity contribution < 1.29 is 9.53 Å². The predicted octanol–water partition coefficient (Wildman–Crippen LogP) is 3.46. The van der Waals surface area contributed by atoms with Gasteiger partial charge in [-0.2, -0.15) is 0 Å². The highest BCUT2D eigenvalue weighted by atomic mass is 16.5. The van der Waals surface area contributed by atoms with Gasteiger partial charge in [-0.1, -0.05) is 42.5 Å². The van der Waals surface area contributed by atoms with E-state index in [1.54, 1.807) is 18.2 Å². The maximum absolute atomic E-state index is 10.8. The van der Waals surface area contributed by atoms with Gasteiger partial charge in [-0.25, -0.2) is 0 Å². The Balaban J connectivity index is 2.30. The topological polar surface area (TPSA) is 26.3 Å². The number of hydrogen-bond acceptors (Lipinski definition) is 2. The standard InChI is InChI=1S/C16H15O2/c1-16(2,14-9-4-3-5-10-14)18-15-11-7-6-8-13(15)12-17/h3-11H,1-2H3. The molecule has 0 aliphatic heterocycles. The molecule has 0 bridgehead atoms. The van der Waals surface area contributed by atoms with Crippen molar-refractivity contribution in [2.24, 2.45) is 0 Å². The SMILES string of the molecule is CC(C)(Oc1ccccc1[C]=O)c1ccccc1. The summed E-state index contributed by atoms with van der Waals surface area (Å²) in [5, 5.41) is 0. The molecule has 2 aromatic rings. The van der Waals surface area contributed by atoms with Crippen molar-refractivity contribution in [1.82, 2.24) is 0 Å². The highest BCUT2D eigenvalue weighted by Gasteiger charge is 2.23. The monoisotopic (exact) mass is 239 g/mol. The van der Waals surface area contributed by atoms with Crippen LogP contribution >= 0.6 is 0 Å². The number of para-hydroxylation sites is 1. The molecule has 0 aliphatic carbocycles. The lowest BCUT2D eigenvalue weighted by Crippen LogP contribution is -2.25. The number of benzene rings is 2. The zero-order valence-electron chi connectivity index (χ0n) is 10.5. The fourth-order valence-corrected chi connectivity index (χ4v) is 1.81. The van der Waals surface area contributed by atoms with Crippen molar-refractivity contribution >= 4 is 6.29 Å². The van der Waals surface area contributed by atoms with Gasteiger partial charge >= 0.3 is 0 Å². The summed E-state index contributed by atoms with van der Waals surface area (Å²) in [6.45, 7) is 3.95. The lowest BCUT2D eigenvalue weighted by Gasteiger charge is -2.27. The molecule has 2 nitrogen and oxygen atoms in total. The average Bonchev–Trinajstić information content (AvgIpc) is 2.40. The first kappa shape index (κ1) is 12.4. The molecule has 2 rings (SSSR count). The maximum Gasteiger partial charge on any atom is 0.237 e. The number of ether oxygens (including phenoxy) is 1. The van der Waals surface area contributed by atoms with Crippen LogP contribution in [0.2, 0.25) is 0 Å². The summed E-state index contributed by atoms with van der Waals surface area (Å²) in [5.41, 5.74) is 1.01. The molecule has 0 amide bonds. The minimum atomic E-state index is -0.492. The number of hydrogen-bond donors (Lipinski definition) is 0. The highest BCUT2D eigenvalue weighted by Crippen LogP contribution is 2.29. The first-order valence-corrected chi connectivity index (χ1v) is 5.85. The third-order valence-electron chi connectivity index (χ3n) is 2.83. The molecule has 0 spiro atoms. The zero-order chi connectivity index (χ0) is 13.0. The first-order chi connectivity index (χ1) is 8.63. The molecular formula is C16H15O2. The molecule has 1 radical (unpaired) electrons. The highest BCUT2D eigenvalue weighted by molar-refractivity contribution is 5.79. The van der Waals surface area contributed by atoms with Gasteiger partial charge in [-0.05, 0) is 31.5 Å². The molecule has 91 valence electrons. The lowest BCUT2D eigenvalue weighted by atomic mass is 9.98. The maximum atomic E-state index is 10.8. The second kappa shape index (κ2) is 5.05. The van der Waals surface area contributed by atoms with Crippen LogP contribution < -0.4 is 4.74 Å². The van der Waals surface area contributed by atoms with Gasteiger partial charge in [0, 0.05) is 0 Å². The van der Waals surface area contributed by atoms with Crippen LogP contribution in [0.15, 0.2) is 54.6 Å². The van der Waals surface area contributed by atoms with Crippen LogP contribution in [0.4, 0.5) is 0 Å². The third kappa shape index (κ3) is 2.59. The molecule has 0 unspecified atom stereocenters. The Kier molecular flexibility index (Phi) is 3.47. The Morgan fingerprint density at radius 2 is 1.56 bits per heavy atom. The summed E-state index contributed by atoms with van der Waals surface area (Å²) in [4.78, 5) is 10.8. The van der Waals surface area contributed by atoms with Crippen LogP contribution in [0.3, 0.4) is 0 Å². The van der Waals surface area contributed by atoms with Crippen LogP contribution in [-0.2, 0) is 10.4 Å². The fraction of sp³-hybridized carbons (Fsp3) is 0.188. The van der Waals surface area contributed by atoms with E-state index in [-0.39, 0.29) is 0 Å². The second-order valence-corrected chi connectivity index (χ2v) is 4.58. The van der Waals surface area contributed by atoms with Crippen molar-refractivity contribution in [2.75, 3.05) is 0 Å². The molecule has 0 saturated heterocycles. The van der Waals surface area contributed by atoms with Crippen LogP contribution in [0, 0.1) is 0 Å². The minimum Gasteiger partial charge on any atom is -0.482 e. The van der Waals surface area contributed by atoms with Crippen LogP contribution in [-0.4, -0.2) is 6.29 Å². The van der Waals surface area contributed by atoms with E-state index >= 15 is 0 Å².